The zero-order chi connectivity index (χ0) is 21.8. The maximum atomic E-state index is 12.8. The number of anilines is 2. The third-order valence-corrected chi connectivity index (χ3v) is 5.58. The predicted molar refractivity (Wildman–Crippen MR) is 116 cm³/mol. The fourth-order valence-corrected chi connectivity index (χ4v) is 3.79. The van der Waals surface area contributed by atoms with E-state index in [4.69, 9.17) is 10.2 Å². The number of nitrogens with two attached hydrogens (primary N) is 1. The summed E-state index contributed by atoms with van der Waals surface area (Å²) in [5.74, 6) is 0.0842. The van der Waals surface area contributed by atoms with Crippen LogP contribution in [0.15, 0.2) is 46.0 Å². The van der Waals surface area contributed by atoms with E-state index in [2.05, 4.69) is 16.4 Å². The lowest BCUT2D eigenvalue weighted by Gasteiger charge is -2.16. The van der Waals surface area contributed by atoms with E-state index >= 15 is 0 Å². The highest BCUT2D eigenvalue weighted by molar-refractivity contribution is 8.00. The number of benzene rings is 1. The van der Waals surface area contributed by atoms with E-state index in [1.54, 1.807) is 19.1 Å². The number of aryl methyl sites for hydroxylation is 2. The highest BCUT2D eigenvalue weighted by atomic mass is 32.2. The number of furan rings is 1. The Labute approximate surface area is 178 Å². The molecule has 3 N–H and O–H groups in total. The number of nitriles is 2. The van der Waals surface area contributed by atoms with Gasteiger partial charge < -0.3 is 15.5 Å². The summed E-state index contributed by atoms with van der Waals surface area (Å²) >= 11 is 1.10. The summed E-state index contributed by atoms with van der Waals surface area (Å²) in [4.78, 5) is 17.0. The van der Waals surface area contributed by atoms with Crippen molar-refractivity contribution in [3.63, 3.8) is 0 Å². The maximum Gasteiger partial charge on any atom is 0.237 e. The Balaban J connectivity index is 1.95. The molecular weight excluding hydrogens is 398 g/mol. The van der Waals surface area contributed by atoms with Crippen molar-refractivity contribution in [3.8, 4) is 23.5 Å². The molecule has 7 nitrogen and oxygen atoms in total. The number of rotatable bonds is 5. The molecule has 0 aliphatic rings. The van der Waals surface area contributed by atoms with Gasteiger partial charge in [0.05, 0.1) is 22.6 Å². The summed E-state index contributed by atoms with van der Waals surface area (Å²) in [7, 11) is 0. The van der Waals surface area contributed by atoms with Crippen LogP contribution in [0, 0.1) is 36.5 Å². The molecule has 3 aromatic rings. The second kappa shape index (κ2) is 8.73. The van der Waals surface area contributed by atoms with Gasteiger partial charge in [0.2, 0.25) is 5.91 Å². The van der Waals surface area contributed by atoms with Gasteiger partial charge in [0.25, 0.3) is 0 Å². The van der Waals surface area contributed by atoms with Gasteiger partial charge in [-0.05, 0) is 50.1 Å². The van der Waals surface area contributed by atoms with Crippen molar-refractivity contribution < 1.29 is 9.21 Å². The number of carbonyl (C=O) groups is 1. The molecule has 2 aromatic heterocycles. The molecule has 3 rings (SSSR count). The van der Waals surface area contributed by atoms with Crippen LogP contribution in [0.5, 0.6) is 0 Å². The molecule has 8 heteroatoms. The van der Waals surface area contributed by atoms with Crippen LogP contribution >= 0.6 is 11.8 Å². The molecule has 1 aromatic carbocycles. The summed E-state index contributed by atoms with van der Waals surface area (Å²) in [5, 5.41) is 21.9. The van der Waals surface area contributed by atoms with Crippen molar-refractivity contribution >= 4 is 29.2 Å². The number of thioether (sulfide) groups is 1. The first-order valence-corrected chi connectivity index (χ1v) is 9.96. The summed E-state index contributed by atoms with van der Waals surface area (Å²) < 4.78 is 5.40. The van der Waals surface area contributed by atoms with Gasteiger partial charge in [0, 0.05) is 5.69 Å². The van der Waals surface area contributed by atoms with Crippen molar-refractivity contribution in [2.24, 2.45) is 0 Å². The summed E-state index contributed by atoms with van der Waals surface area (Å²) in [6, 6.07) is 13.2. The first-order valence-electron chi connectivity index (χ1n) is 9.08. The smallest absolute Gasteiger partial charge is 0.237 e. The number of hydrogen-bond donors (Lipinski definition) is 2. The van der Waals surface area contributed by atoms with E-state index in [0.717, 1.165) is 28.6 Å². The molecule has 1 atom stereocenters. The number of pyridine rings is 1. The molecule has 1 amide bonds. The normalized spacial score (nSPS) is 11.4. The summed E-state index contributed by atoms with van der Waals surface area (Å²) in [6.07, 6.45) is 1.45. The minimum absolute atomic E-state index is 0.0208. The van der Waals surface area contributed by atoms with E-state index in [0.29, 0.717) is 5.76 Å². The lowest BCUT2D eigenvalue weighted by Crippen LogP contribution is -2.23. The molecule has 0 saturated heterocycles. The second-order valence-corrected chi connectivity index (χ2v) is 8.03. The van der Waals surface area contributed by atoms with Gasteiger partial charge in [0.1, 0.15) is 34.3 Å². The van der Waals surface area contributed by atoms with Crippen molar-refractivity contribution in [1.29, 1.82) is 10.5 Å². The van der Waals surface area contributed by atoms with Crippen LogP contribution in [0.3, 0.4) is 0 Å². The van der Waals surface area contributed by atoms with Gasteiger partial charge in [-0.25, -0.2) is 4.98 Å². The van der Waals surface area contributed by atoms with Crippen molar-refractivity contribution in [3.05, 3.63) is 58.8 Å². The third-order valence-electron chi connectivity index (χ3n) is 4.49. The predicted octanol–water partition coefficient (Wildman–Crippen LogP) is 4.40. The van der Waals surface area contributed by atoms with E-state index < -0.39 is 5.25 Å². The number of nitrogen functional groups attached to an aromatic ring is 1. The van der Waals surface area contributed by atoms with Crippen molar-refractivity contribution in [1.82, 2.24) is 4.98 Å². The first-order chi connectivity index (χ1) is 14.3. The number of nitrogens with zero attached hydrogens (tertiary/aromatic N) is 3. The van der Waals surface area contributed by atoms with Crippen molar-refractivity contribution in [2.75, 3.05) is 11.1 Å². The van der Waals surface area contributed by atoms with Crippen molar-refractivity contribution in [2.45, 2.75) is 31.0 Å². The van der Waals surface area contributed by atoms with Crippen LogP contribution in [0.25, 0.3) is 11.3 Å². The maximum absolute atomic E-state index is 12.8. The zero-order valence-electron chi connectivity index (χ0n) is 16.7. The van der Waals surface area contributed by atoms with Gasteiger partial charge in [-0.1, -0.05) is 23.9 Å². The van der Waals surface area contributed by atoms with Crippen LogP contribution in [-0.2, 0) is 4.79 Å². The quantitative estimate of drug-likeness (QED) is 0.588. The molecule has 0 aliphatic carbocycles. The molecule has 0 aliphatic heterocycles. The molecule has 1 unspecified atom stereocenters. The van der Waals surface area contributed by atoms with Gasteiger partial charge >= 0.3 is 0 Å². The van der Waals surface area contributed by atoms with Gasteiger partial charge in [-0.3, -0.25) is 4.79 Å². The molecule has 30 heavy (non-hydrogen) atoms. The molecular formula is C22H19N5O2S. The topological polar surface area (TPSA) is 129 Å². The Morgan fingerprint density at radius 2 is 1.97 bits per heavy atom. The Bertz CT molecular complexity index is 1190. The lowest BCUT2D eigenvalue weighted by molar-refractivity contribution is -0.115. The average molecular weight is 417 g/mol. The number of nitrogens with one attached hydrogen (secondary N) is 1. The molecule has 150 valence electrons. The van der Waals surface area contributed by atoms with Gasteiger partial charge in [0.15, 0.2) is 0 Å². The number of hydrogen-bond acceptors (Lipinski definition) is 7. The monoisotopic (exact) mass is 417 g/mol. The fourth-order valence-electron chi connectivity index (χ4n) is 2.88. The molecule has 0 saturated carbocycles. The summed E-state index contributed by atoms with van der Waals surface area (Å²) in [5.41, 5.74) is 9.19. The third kappa shape index (κ3) is 4.14. The Hall–Kier alpha value is -3.75. The minimum atomic E-state index is -0.568. The van der Waals surface area contributed by atoms with Gasteiger partial charge in [-0.15, -0.1) is 0 Å². The second-order valence-electron chi connectivity index (χ2n) is 6.70. The number of amides is 1. The molecule has 0 radical (unpaired) electrons. The Morgan fingerprint density at radius 3 is 2.60 bits per heavy atom. The lowest BCUT2D eigenvalue weighted by atomic mass is 10.0. The van der Waals surface area contributed by atoms with E-state index in [1.807, 2.05) is 38.1 Å². The average Bonchev–Trinajstić information content (AvgIpc) is 3.24. The standard InChI is InChI=1S/C22H19N5O2S/c1-12-6-7-13(2)17(9-12)26-21(28)14(3)30-22-16(11-24)19(18-5-4-8-29-18)15(10-23)20(25)27-22/h4-9,14H,1-3H3,(H2,25,27)(H,26,28). The first kappa shape index (κ1) is 21.0. The van der Waals surface area contributed by atoms with E-state index in [9.17, 15) is 15.3 Å². The molecule has 0 fully saturated rings. The van der Waals surface area contributed by atoms with Crippen LogP contribution < -0.4 is 11.1 Å². The zero-order valence-corrected chi connectivity index (χ0v) is 17.5. The molecule has 2 heterocycles. The fraction of sp³-hybridized carbons (Fsp3) is 0.182. The Morgan fingerprint density at radius 1 is 1.23 bits per heavy atom. The van der Waals surface area contributed by atoms with Crippen LogP contribution in [0.2, 0.25) is 0 Å². The molecule has 0 spiro atoms. The largest absolute Gasteiger partial charge is 0.464 e. The highest BCUT2D eigenvalue weighted by Gasteiger charge is 2.25. The number of carbonyl (C=O) groups excluding carboxylic acids is 1. The highest BCUT2D eigenvalue weighted by Crippen LogP contribution is 2.37. The SMILES string of the molecule is Cc1ccc(C)c(NC(=O)C(C)Sc2nc(N)c(C#N)c(-c3ccco3)c2C#N)c1. The van der Waals surface area contributed by atoms with Crippen LogP contribution in [0.1, 0.15) is 29.2 Å². The minimum Gasteiger partial charge on any atom is -0.464 e. The van der Waals surface area contributed by atoms with Crippen LogP contribution in [0.4, 0.5) is 11.5 Å². The number of aromatic nitrogens is 1. The van der Waals surface area contributed by atoms with Crippen LogP contribution in [-0.4, -0.2) is 16.1 Å². The molecule has 0 bridgehead atoms. The van der Waals surface area contributed by atoms with Gasteiger partial charge in [-0.2, -0.15) is 10.5 Å². The Kier molecular flexibility index (Phi) is 6.10. The van der Waals surface area contributed by atoms with E-state index in [1.165, 1.54) is 6.26 Å². The summed E-state index contributed by atoms with van der Waals surface area (Å²) in [6.45, 7) is 5.58. The van der Waals surface area contributed by atoms with E-state index in [-0.39, 0.29) is 33.4 Å².